The SMILES string of the molecule is COc1ccc(/C(C)=N/Nc2ccccc2C(F)(F)F)cc1OC. The molecule has 0 aliphatic rings. The Bertz CT molecular complexity index is 743. The van der Waals surface area contributed by atoms with Crippen molar-refractivity contribution < 1.29 is 22.6 Å². The van der Waals surface area contributed by atoms with Gasteiger partial charge in [-0.15, -0.1) is 0 Å². The number of benzene rings is 2. The summed E-state index contributed by atoms with van der Waals surface area (Å²) >= 11 is 0. The minimum Gasteiger partial charge on any atom is -0.493 e. The molecular formula is C17H17F3N2O2. The van der Waals surface area contributed by atoms with Crippen molar-refractivity contribution in [3.8, 4) is 11.5 Å². The third-order valence-corrected chi connectivity index (χ3v) is 3.38. The fourth-order valence-corrected chi connectivity index (χ4v) is 2.10. The molecule has 0 bridgehead atoms. The largest absolute Gasteiger partial charge is 0.493 e. The molecule has 0 aliphatic carbocycles. The molecule has 0 unspecified atom stereocenters. The summed E-state index contributed by atoms with van der Waals surface area (Å²) in [6.45, 7) is 1.68. The van der Waals surface area contributed by atoms with E-state index in [1.807, 2.05) is 0 Å². The standard InChI is InChI=1S/C17H17F3N2O2/c1-11(12-8-9-15(23-2)16(10-12)24-3)21-22-14-7-5-4-6-13(14)17(18,19)20/h4-10,22H,1-3H3/b21-11+. The van der Waals surface area contributed by atoms with Gasteiger partial charge in [0.15, 0.2) is 11.5 Å². The van der Waals surface area contributed by atoms with Gasteiger partial charge in [0, 0.05) is 5.56 Å². The lowest BCUT2D eigenvalue weighted by Gasteiger charge is -2.13. The molecule has 0 heterocycles. The lowest BCUT2D eigenvalue weighted by molar-refractivity contribution is -0.136. The lowest BCUT2D eigenvalue weighted by atomic mass is 10.1. The normalized spacial score (nSPS) is 12.0. The molecule has 2 rings (SSSR count). The zero-order valence-electron chi connectivity index (χ0n) is 13.4. The molecule has 0 amide bonds. The van der Waals surface area contributed by atoms with Gasteiger partial charge in [0.25, 0.3) is 0 Å². The number of halogens is 3. The van der Waals surface area contributed by atoms with Crippen molar-refractivity contribution in [3.63, 3.8) is 0 Å². The molecule has 0 aliphatic heterocycles. The predicted octanol–water partition coefficient (Wildman–Crippen LogP) is 4.56. The molecule has 0 saturated heterocycles. The van der Waals surface area contributed by atoms with Gasteiger partial charge in [0.1, 0.15) is 0 Å². The topological polar surface area (TPSA) is 42.8 Å². The Hall–Kier alpha value is -2.70. The van der Waals surface area contributed by atoms with Crippen LogP contribution in [0, 0.1) is 0 Å². The molecule has 0 atom stereocenters. The Kier molecular flexibility index (Phi) is 5.33. The van der Waals surface area contributed by atoms with Gasteiger partial charge in [-0.2, -0.15) is 18.3 Å². The van der Waals surface area contributed by atoms with Gasteiger partial charge in [-0.25, -0.2) is 0 Å². The number of ether oxygens (including phenoxy) is 2. The van der Waals surface area contributed by atoms with Gasteiger partial charge in [0.2, 0.25) is 0 Å². The monoisotopic (exact) mass is 338 g/mol. The van der Waals surface area contributed by atoms with Crippen LogP contribution in [0.4, 0.5) is 18.9 Å². The van der Waals surface area contributed by atoms with Crippen molar-refractivity contribution >= 4 is 11.4 Å². The Morgan fingerprint density at radius 2 is 1.67 bits per heavy atom. The van der Waals surface area contributed by atoms with E-state index in [4.69, 9.17) is 9.47 Å². The van der Waals surface area contributed by atoms with E-state index in [2.05, 4.69) is 10.5 Å². The Balaban J connectivity index is 2.27. The average Bonchev–Trinajstić information content (AvgIpc) is 2.58. The smallest absolute Gasteiger partial charge is 0.418 e. The van der Waals surface area contributed by atoms with Crippen molar-refractivity contribution in [1.29, 1.82) is 0 Å². The summed E-state index contributed by atoms with van der Waals surface area (Å²) in [5, 5.41) is 4.04. The van der Waals surface area contributed by atoms with E-state index in [1.54, 1.807) is 25.1 Å². The summed E-state index contributed by atoms with van der Waals surface area (Å²) < 4.78 is 49.2. The van der Waals surface area contributed by atoms with E-state index in [9.17, 15) is 13.2 Å². The average molecular weight is 338 g/mol. The summed E-state index contributed by atoms with van der Waals surface area (Å²) in [5.74, 6) is 1.07. The van der Waals surface area contributed by atoms with Crippen LogP contribution in [-0.2, 0) is 6.18 Å². The maximum absolute atomic E-state index is 13.0. The highest BCUT2D eigenvalue weighted by Crippen LogP contribution is 2.34. The molecule has 24 heavy (non-hydrogen) atoms. The molecular weight excluding hydrogens is 321 g/mol. The highest BCUT2D eigenvalue weighted by atomic mass is 19.4. The first kappa shape index (κ1) is 17.7. The predicted molar refractivity (Wildman–Crippen MR) is 86.8 cm³/mol. The van der Waals surface area contributed by atoms with E-state index >= 15 is 0 Å². The molecule has 2 aromatic rings. The zero-order chi connectivity index (χ0) is 17.7. The number of anilines is 1. The number of nitrogens with zero attached hydrogens (tertiary/aromatic N) is 1. The minimum absolute atomic E-state index is 0.107. The van der Waals surface area contributed by atoms with Gasteiger partial charge in [-0.3, -0.25) is 5.43 Å². The summed E-state index contributed by atoms with van der Waals surface area (Å²) in [5.41, 5.74) is 2.81. The van der Waals surface area contributed by atoms with Crippen LogP contribution >= 0.6 is 0 Å². The maximum Gasteiger partial charge on any atom is 0.418 e. The van der Waals surface area contributed by atoms with Crippen LogP contribution in [0.15, 0.2) is 47.6 Å². The fraction of sp³-hybridized carbons (Fsp3) is 0.235. The third-order valence-electron chi connectivity index (χ3n) is 3.38. The number of rotatable bonds is 5. The Morgan fingerprint density at radius 1 is 1.00 bits per heavy atom. The van der Waals surface area contributed by atoms with Crippen molar-refractivity contribution in [2.75, 3.05) is 19.6 Å². The molecule has 0 radical (unpaired) electrons. The van der Waals surface area contributed by atoms with Gasteiger partial charge in [0.05, 0.1) is 31.2 Å². The first-order valence-corrected chi connectivity index (χ1v) is 7.05. The van der Waals surface area contributed by atoms with Crippen molar-refractivity contribution in [2.45, 2.75) is 13.1 Å². The van der Waals surface area contributed by atoms with E-state index in [1.165, 1.54) is 32.4 Å². The van der Waals surface area contributed by atoms with Gasteiger partial charge >= 0.3 is 6.18 Å². The van der Waals surface area contributed by atoms with Crippen LogP contribution in [0.5, 0.6) is 11.5 Å². The molecule has 0 spiro atoms. The Morgan fingerprint density at radius 3 is 2.29 bits per heavy atom. The first-order valence-electron chi connectivity index (χ1n) is 7.05. The van der Waals surface area contributed by atoms with Gasteiger partial charge < -0.3 is 9.47 Å². The van der Waals surface area contributed by atoms with Crippen molar-refractivity contribution in [3.05, 3.63) is 53.6 Å². The molecule has 0 saturated carbocycles. The molecule has 0 fully saturated rings. The first-order chi connectivity index (χ1) is 11.4. The minimum atomic E-state index is -4.45. The van der Waals surface area contributed by atoms with Gasteiger partial charge in [-0.1, -0.05) is 12.1 Å². The Labute approximate surface area is 137 Å². The van der Waals surface area contributed by atoms with Crippen LogP contribution in [-0.4, -0.2) is 19.9 Å². The maximum atomic E-state index is 13.0. The molecule has 4 nitrogen and oxygen atoms in total. The molecule has 1 N–H and O–H groups in total. The summed E-state index contributed by atoms with van der Waals surface area (Å²) in [7, 11) is 3.03. The molecule has 2 aromatic carbocycles. The second-order valence-electron chi connectivity index (χ2n) is 4.92. The van der Waals surface area contributed by atoms with Crippen LogP contribution in [0.25, 0.3) is 0 Å². The third kappa shape index (κ3) is 3.98. The van der Waals surface area contributed by atoms with Crippen molar-refractivity contribution in [2.24, 2.45) is 5.10 Å². The molecule has 7 heteroatoms. The van der Waals surface area contributed by atoms with Crippen LogP contribution < -0.4 is 14.9 Å². The number of hydrazone groups is 1. The van der Waals surface area contributed by atoms with Crippen LogP contribution in [0.3, 0.4) is 0 Å². The number of methoxy groups -OCH3 is 2. The van der Waals surface area contributed by atoms with E-state index in [0.717, 1.165) is 6.07 Å². The van der Waals surface area contributed by atoms with Crippen molar-refractivity contribution in [1.82, 2.24) is 0 Å². The zero-order valence-corrected chi connectivity index (χ0v) is 13.4. The highest BCUT2D eigenvalue weighted by molar-refractivity contribution is 5.99. The second kappa shape index (κ2) is 7.25. The van der Waals surface area contributed by atoms with Crippen LogP contribution in [0.1, 0.15) is 18.1 Å². The number of hydrogen-bond acceptors (Lipinski definition) is 4. The molecule has 128 valence electrons. The number of alkyl halides is 3. The lowest BCUT2D eigenvalue weighted by Crippen LogP contribution is -2.09. The quantitative estimate of drug-likeness (QED) is 0.642. The van der Waals surface area contributed by atoms with E-state index in [0.29, 0.717) is 22.8 Å². The van der Waals surface area contributed by atoms with E-state index < -0.39 is 11.7 Å². The summed E-state index contributed by atoms with van der Waals surface area (Å²) in [6.07, 6.45) is -4.45. The second-order valence-corrected chi connectivity index (χ2v) is 4.92. The number of para-hydroxylation sites is 1. The van der Waals surface area contributed by atoms with Gasteiger partial charge in [-0.05, 0) is 37.3 Å². The fourth-order valence-electron chi connectivity index (χ4n) is 2.10. The van der Waals surface area contributed by atoms with Crippen LogP contribution in [0.2, 0.25) is 0 Å². The number of nitrogens with one attached hydrogen (secondary N) is 1. The van der Waals surface area contributed by atoms with E-state index in [-0.39, 0.29) is 5.69 Å². The number of hydrogen-bond donors (Lipinski definition) is 1. The molecule has 0 aromatic heterocycles. The summed E-state index contributed by atoms with van der Waals surface area (Å²) in [6, 6.07) is 10.3. The summed E-state index contributed by atoms with van der Waals surface area (Å²) in [4.78, 5) is 0. The highest BCUT2D eigenvalue weighted by Gasteiger charge is 2.33.